The van der Waals surface area contributed by atoms with Crippen molar-refractivity contribution in [2.45, 2.75) is 25.2 Å². The lowest BCUT2D eigenvalue weighted by molar-refractivity contribution is 0.213. The maximum absolute atomic E-state index is 12.2. The lowest BCUT2D eigenvalue weighted by atomic mass is 9.90. The first-order valence-corrected chi connectivity index (χ1v) is 8.80. The van der Waals surface area contributed by atoms with E-state index < -0.39 is 10.0 Å². The smallest absolute Gasteiger partial charge is 0.241 e. The zero-order valence-corrected chi connectivity index (χ0v) is 14.8. The van der Waals surface area contributed by atoms with Gasteiger partial charge in [-0.2, -0.15) is 0 Å². The van der Waals surface area contributed by atoms with Gasteiger partial charge in [-0.1, -0.05) is 29.8 Å². The Labute approximate surface area is 130 Å². The summed E-state index contributed by atoms with van der Waals surface area (Å²) in [5.74, 6) is 0. The maximum atomic E-state index is 12.2. The molecule has 0 saturated heterocycles. The van der Waals surface area contributed by atoms with Crippen molar-refractivity contribution in [3.05, 3.63) is 27.1 Å². The summed E-state index contributed by atoms with van der Waals surface area (Å²) in [6, 6.07) is 4.90. The van der Waals surface area contributed by atoms with E-state index in [0.29, 0.717) is 10.9 Å². The van der Waals surface area contributed by atoms with Gasteiger partial charge in [0.1, 0.15) is 0 Å². The van der Waals surface area contributed by atoms with Gasteiger partial charge in [-0.25, -0.2) is 13.1 Å². The highest BCUT2D eigenvalue weighted by molar-refractivity contribution is 9.11. The van der Waals surface area contributed by atoms with Crippen molar-refractivity contribution in [3.8, 4) is 0 Å². The molecule has 0 fully saturated rings. The fraction of sp³-hybridized carbons (Fsp3) is 0.500. The van der Waals surface area contributed by atoms with Gasteiger partial charge in [0.2, 0.25) is 10.0 Å². The Morgan fingerprint density at radius 1 is 1.32 bits per heavy atom. The van der Waals surface area contributed by atoms with E-state index in [2.05, 4.69) is 36.6 Å². The molecular formula is C12H17Br2NO3S. The summed E-state index contributed by atoms with van der Waals surface area (Å²) < 4.78 is 28.3. The predicted molar refractivity (Wildman–Crippen MR) is 82.5 cm³/mol. The minimum Gasteiger partial charge on any atom is -0.396 e. The van der Waals surface area contributed by atoms with Gasteiger partial charge in [0.05, 0.1) is 4.90 Å². The van der Waals surface area contributed by atoms with Crippen LogP contribution >= 0.6 is 31.9 Å². The molecule has 0 bridgehead atoms. The molecule has 1 rings (SSSR count). The highest BCUT2D eigenvalue weighted by atomic mass is 79.9. The van der Waals surface area contributed by atoms with E-state index in [-0.39, 0.29) is 23.5 Å². The third kappa shape index (κ3) is 5.15. The Morgan fingerprint density at radius 3 is 2.47 bits per heavy atom. The first-order chi connectivity index (χ1) is 8.68. The van der Waals surface area contributed by atoms with E-state index in [1.54, 1.807) is 12.1 Å². The Kier molecular flexibility index (Phi) is 6.00. The number of benzene rings is 1. The van der Waals surface area contributed by atoms with Crippen LogP contribution in [-0.4, -0.2) is 26.7 Å². The van der Waals surface area contributed by atoms with Crippen LogP contribution < -0.4 is 4.72 Å². The summed E-state index contributed by atoms with van der Waals surface area (Å²) in [4.78, 5) is 0.204. The molecule has 2 N–H and O–H groups in total. The molecule has 0 atom stereocenters. The van der Waals surface area contributed by atoms with Gasteiger partial charge in [0.15, 0.2) is 0 Å². The summed E-state index contributed by atoms with van der Waals surface area (Å²) in [7, 11) is -3.56. The number of rotatable bonds is 6. The fourth-order valence-corrected chi connectivity index (χ4v) is 4.44. The summed E-state index contributed by atoms with van der Waals surface area (Å²) >= 11 is 6.53. The second kappa shape index (κ2) is 6.67. The van der Waals surface area contributed by atoms with E-state index >= 15 is 0 Å². The van der Waals surface area contributed by atoms with Crippen molar-refractivity contribution in [1.29, 1.82) is 0 Å². The first kappa shape index (κ1) is 17.1. The molecule has 0 aliphatic rings. The van der Waals surface area contributed by atoms with E-state index in [9.17, 15) is 8.42 Å². The molecule has 0 unspecified atom stereocenters. The predicted octanol–water partition coefficient (Wildman–Crippen LogP) is 2.90. The molecule has 0 aliphatic heterocycles. The van der Waals surface area contributed by atoms with Crippen LogP contribution in [0.15, 0.2) is 32.0 Å². The minimum atomic E-state index is -3.56. The molecule has 0 radical (unpaired) electrons. The van der Waals surface area contributed by atoms with Crippen molar-refractivity contribution >= 4 is 41.9 Å². The molecule has 0 spiro atoms. The summed E-state index contributed by atoms with van der Waals surface area (Å²) in [6.07, 6.45) is 0.539. The number of sulfonamides is 1. The molecule has 0 saturated carbocycles. The molecule has 108 valence electrons. The van der Waals surface area contributed by atoms with Gasteiger partial charge < -0.3 is 5.11 Å². The molecule has 0 aromatic heterocycles. The molecule has 1 aromatic carbocycles. The Balaban J connectivity index is 2.87. The third-order valence-electron chi connectivity index (χ3n) is 2.71. The highest BCUT2D eigenvalue weighted by Crippen LogP contribution is 2.26. The molecule has 0 aliphatic carbocycles. The number of nitrogens with one attached hydrogen (secondary N) is 1. The summed E-state index contributed by atoms with van der Waals surface area (Å²) in [5, 5.41) is 8.93. The van der Waals surface area contributed by atoms with Gasteiger partial charge in [0.25, 0.3) is 0 Å². The standard InChI is InChI=1S/C12H17Br2NO3S/c1-12(2,5-6-16)8-15-19(17,18)11-4-3-9(13)7-10(11)14/h3-4,7,15-16H,5-6,8H2,1-2H3. The van der Waals surface area contributed by atoms with E-state index in [1.165, 1.54) is 6.07 Å². The molecular weight excluding hydrogens is 398 g/mol. The zero-order valence-electron chi connectivity index (χ0n) is 10.8. The van der Waals surface area contributed by atoms with Crippen LogP contribution in [0.4, 0.5) is 0 Å². The lowest BCUT2D eigenvalue weighted by Gasteiger charge is -2.23. The van der Waals surface area contributed by atoms with Crippen LogP contribution in [0.2, 0.25) is 0 Å². The van der Waals surface area contributed by atoms with E-state index in [1.807, 2.05) is 13.8 Å². The SMILES string of the molecule is CC(C)(CCO)CNS(=O)(=O)c1ccc(Br)cc1Br. The van der Waals surface area contributed by atoms with Crippen LogP contribution in [0.25, 0.3) is 0 Å². The van der Waals surface area contributed by atoms with Crippen LogP contribution in [0, 0.1) is 5.41 Å². The monoisotopic (exact) mass is 413 g/mol. The first-order valence-electron chi connectivity index (χ1n) is 5.73. The fourth-order valence-electron chi connectivity index (χ4n) is 1.45. The molecule has 7 heteroatoms. The third-order valence-corrected chi connectivity index (χ3v) is 5.58. The van der Waals surface area contributed by atoms with Crippen LogP contribution in [-0.2, 0) is 10.0 Å². The van der Waals surface area contributed by atoms with Gasteiger partial charge in [-0.15, -0.1) is 0 Å². The average molecular weight is 415 g/mol. The number of hydrogen-bond acceptors (Lipinski definition) is 3. The second-order valence-electron chi connectivity index (χ2n) is 5.04. The minimum absolute atomic E-state index is 0.0384. The van der Waals surface area contributed by atoms with Crippen LogP contribution in [0.1, 0.15) is 20.3 Å². The maximum Gasteiger partial charge on any atom is 0.241 e. The largest absolute Gasteiger partial charge is 0.396 e. The Bertz CT molecular complexity index is 544. The number of halogens is 2. The number of aliphatic hydroxyl groups is 1. The normalized spacial score (nSPS) is 12.7. The molecule has 19 heavy (non-hydrogen) atoms. The Morgan fingerprint density at radius 2 is 1.95 bits per heavy atom. The summed E-state index contributed by atoms with van der Waals surface area (Å²) in [5.41, 5.74) is -0.288. The van der Waals surface area contributed by atoms with Crippen molar-refractivity contribution in [2.24, 2.45) is 5.41 Å². The molecule has 4 nitrogen and oxygen atoms in total. The quantitative estimate of drug-likeness (QED) is 0.751. The van der Waals surface area contributed by atoms with Crippen molar-refractivity contribution < 1.29 is 13.5 Å². The topological polar surface area (TPSA) is 66.4 Å². The summed E-state index contributed by atoms with van der Waals surface area (Å²) in [6.45, 7) is 4.12. The number of hydrogen-bond donors (Lipinski definition) is 2. The average Bonchev–Trinajstić information content (AvgIpc) is 2.26. The van der Waals surface area contributed by atoms with Crippen molar-refractivity contribution in [2.75, 3.05) is 13.2 Å². The van der Waals surface area contributed by atoms with Crippen molar-refractivity contribution in [1.82, 2.24) is 4.72 Å². The van der Waals surface area contributed by atoms with Gasteiger partial charge in [-0.3, -0.25) is 0 Å². The number of aliphatic hydroxyl groups excluding tert-OH is 1. The zero-order chi connectivity index (χ0) is 14.7. The molecule has 1 aromatic rings. The molecule has 0 heterocycles. The second-order valence-corrected chi connectivity index (χ2v) is 8.54. The van der Waals surface area contributed by atoms with Crippen LogP contribution in [0.3, 0.4) is 0 Å². The van der Waals surface area contributed by atoms with Gasteiger partial charge in [0, 0.05) is 22.1 Å². The van der Waals surface area contributed by atoms with Gasteiger partial charge >= 0.3 is 0 Å². The lowest BCUT2D eigenvalue weighted by Crippen LogP contribution is -2.34. The van der Waals surface area contributed by atoms with E-state index in [4.69, 9.17) is 5.11 Å². The Hall–Kier alpha value is 0.0500. The van der Waals surface area contributed by atoms with Crippen molar-refractivity contribution in [3.63, 3.8) is 0 Å². The van der Waals surface area contributed by atoms with Crippen LogP contribution in [0.5, 0.6) is 0 Å². The molecule has 0 amide bonds. The van der Waals surface area contributed by atoms with Gasteiger partial charge in [-0.05, 0) is 46.0 Å². The highest BCUT2D eigenvalue weighted by Gasteiger charge is 2.23. The van der Waals surface area contributed by atoms with E-state index in [0.717, 1.165) is 4.47 Å².